The molecule has 2 bridgehead atoms. The molecule has 0 saturated carbocycles. The normalized spacial score (nSPS) is 38.6. The summed E-state index contributed by atoms with van der Waals surface area (Å²) < 4.78 is 0. The van der Waals surface area contributed by atoms with Crippen molar-refractivity contribution in [2.75, 3.05) is 7.05 Å². The second-order valence-electron chi connectivity index (χ2n) is 6.08. The van der Waals surface area contributed by atoms with E-state index < -0.39 is 0 Å². The number of piperidine rings is 1. The van der Waals surface area contributed by atoms with Gasteiger partial charge in [-0.05, 0) is 51.0 Å². The molecular formula is C13H26N2. The predicted octanol–water partition coefficient (Wildman–Crippen LogP) is 2.23. The summed E-state index contributed by atoms with van der Waals surface area (Å²) in [6.07, 6.45) is 6.72. The van der Waals surface area contributed by atoms with Crippen LogP contribution < -0.4 is 5.73 Å². The maximum atomic E-state index is 6.33. The molecular weight excluding hydrogens is 184 g/mol. The largest absolute Gasteiger partial charge is 0.327 e. The van der Waals surface area contributed by atoms with Crippen LogP contribution in [0.1, 0.15) is 46.0 Å². The van der Waals surface area contributed by atoms with Crippen LogP contribution in [0, 0.1) is 11.8 Å². The average Bonchev–Trinajstić information content (AvgIpc) is 2.38. The van der Waals surface area contributed by atoms with Crippen molar-refractivity contribution in [1.29, 1.82) is 0 Å². The molecule has 0 aromatic rings. The lowest BCUT2D eigenvalue weighted by atomic mass is 9.82. The molecule has 2 rings (SSSR count). The molecule has 2 fully saturated rings. The topological polar surface area (TPSA) is 29.3 Å². The molecule has 0 aromatic carbocycles. The third-order valence-corrected chi connectivity index (χ3v) is 4.48. The Bertz CT molecular complexity index is 201. The Kier molecular flexibility index (Phi) is 3.36. The summed E-state index contributed by atoms with van der Waals surface area (Å²) in [7, 11) is 2.30. The highest BCUT2D eigenvalue weighted by Gasteiger charge is 2.40. The van der Waals surface area contributed by atoms with E-state index in [1.807, 2.05) is 0 Å². The van der Waals surface area contributed by atoms with Crippen LogP contribution in [0.15, 0.2) is 0 Å². The first-order chi connectivity index (χ1) is 7.08. The lowest BCUT2D eigenvalue weighted by molar-refractivity contribution is 0.116. The summed E-state index contributed by atoms with van der Waals surface area (Å²) >= 11 is 0. The Morgan fingerprint density at radius 3 is 2.20 bits per heavy atom. The van der Waals surface area contributed by atoms with Crippen LogP contribution in [-0.4, -0.2) is 30.1 Å². The Hall–Kier alpha value is -0.0800. The number of fused-ring (bicyclic) bond motifs is 2. The van der Waals surface area contributed by atoms with Crippen molar-refractivity contribution in [3.05, 3.63) is 0 Å². The molecule has 2 N–H and O–H groups in total. The highest BCUT2D eigenvalue weighted by Crippen LogP contribution is 2.39. The lowest BCUT2D eigenvalue weighted by Crippen LogP contribution is -2.45. The molecule has 0 radical (unpaired) electrons. The summed E-state index contributed by atoms with van der Waals surface area (Å²) in [4.78, 5) is 2.60. The molecule has 88 valence electrons. The lowest BCUT2D eigenvalue weighted by Gasteiger charge is -2.39. The summed E-state index contributed by atoms with van der Waals surface area (Å²) in [6.45, 7) is 4.56. The third-order valence-electron chi connectivity index (χ3n) is 4.48. The summed E-state index contributed by atoms with van der Waals surface area (Å²) in [5.74, 6) is 1.54. The molecule has 0 spiro atoms. The van der Waals surface area contributed by atoms with Crippen molar-refractivity contribution in [2.45, 2.75) is 64.1 Å². The Morgan fingerprint density at radius 1 is 1.20 bits per heavy atom. The maximum absolute atomic E-state index is 6.33. The summed E-state index contributed by atoms with van der Waals surface area (Å²) in [5, 5.41) is 0. The van der Waals surface area contributed by atoms with Gasteiger partial charge in [-0.25, -0.2) is 0 Å². The van der Waals surface area contributed by atoms with Crippen molar-refractivity contribution in [3.8, 4) is 0 Å². The number of hydrogen-bond acceptors (Lipinski definition) is 2. The monoisotopic (exact) mass is 210 g/mol. The Balaban J connectivity index is 1.91. The molecule has 0 amide bonds. The zero-order valence-corrected chi connectivity index (χ0v) is 10.4. The first kappa shape index (κ1) is 11.4. The molecule has 3 atom stereocenters. The SMILES string of the molecule is CC(C)CC(N)C1CC2CCC(C1)N2C. The van der Waals surface area contributed by atoms with E-state index in [-0.39, 0.29) is 0 Å². The van der Waals surface area contributed by atoms with Gasteiger partial charge in [0.2, 0.25) is 0 Å². The second-order valence-corrected chi connectivity index (χ2v) is 6.08. The van der Waals surface area contributed by atoms with E-state index in [9.17, 15) is 0 Å². The van der Waals surface area contributed by atoms with Crippen LogP contribution in [0.2, 0.25) is 0 Å². The van der Waals surface area contributed by atoms with Crippen molar-refractivity contribution in [1.82, 2.24) is 4.90 Å². The number of rotatable bonds is 3. The zero-order valence-electron chi connectivity index (χ0n) is 10.4. The minimum absolute atomic E-state index is 0.446. The quantitative estimate of drug-likeness (QED) is 0.774. The first-order valence-electron chi connectivity index (χ1n) is 6.55. The van der Waals surface area contributed by atoms with E-state index in [1.54, 1.807) is 0 Å². The molecule has 2 nitrogen and oxygen atoms in total. The Morgan fingerprint density at radius 2 is 1.73 bits per heavy atom. The molecule has 0 aliphatic carbocycles. The van der Waals surface area contributed by atoms with Gasteiger partial charge in [0.15, 0.2) is 0 Å². The van der Waals surface area contributed by atoms with Crippen molar-refractivity contribution in [3.63, 3.8) is 0 Å². The zero-order chi connectivity index (χ0) is 11.0. The van der Waals surface area contributed by atoms with Crippen LogP contribution in [0.5, 0.6) is 0 Å². The van der Waals surface area contributed by atoms with Gasteiger partial charge in [-0.2, -0.15) is 0 Å². The fourth-order valence-corrected chi connectivity index (χ4v) is 3.54. The van der Waals surface area contributed by atoms with Gasteiger partial charge in [-0.1, -0.05) is 13.8 Å². The molecule has 2 heteroatoms. The van der Waals surface area contributed by atoms with Crippen LogP contribution in [0.4, 0.5) is 0 Å². The van der Waals surface area contributed by atoms with Gasteiger partial charge < -0.3 is 10.6 Å². The van der Waals surface area contributed by atoms with E-state index in [2.05, 4.69) is 25.8 Å². The number of hydrogen-bond donors (Lipinski definition) is 1. The molecule has 3 unspecified atom stereocenters. The number of nitrogens with two attached hydrogens (primary N) is 1. The van der Waals surface area contributed by atoms with Crippen LogP contribution in [0.25, 0.3) is 0 Å². The molecule has 0 aromatic heterocycles. The third kappa shape index (κ3) is 2.36. The molecule has 2 aliphatic rings. The highest BCUT2D eigenvalue weighted by atomic mass is 15.2. The van der Waals surface area contributed by atoms with E-state index >= 15 is 0 Å². The highest BCUT2D eigenvalue weighted by molar-refractivity contribution is 4.96. The van der Waals surface area contributed by atoms with E-state index in [0.29, 0.717) is 6.04 Å². The van der Waals surface area contributed by atoms with Crippen molar-refractivity contribution < 1.29 is 0 Å². The van der Waals surface area contributed by atoms with Crippen LogP contribution in [-0.2, 0) is 0 Å². The fourth-order valence-electron chi connectivity index (χ4n) is 3.54. The Labute approximate surface area is 94.2 Å². The van der Waals surface area contributed by atoms with Crippen molar-refractivity contribution in [2.24, 2.45) is 17.6 Å². The van der Waals surface area contributed by atoms with Gasteiger partial charge in [-0.15, -0.1) is 0 Å². The van der Waals surface area contributed by atoms with Gasteiger partial charge >= 0.3 is 0 Å². The summed E-state index contributed by atoms with van der Waals surface area (Å²) in [5.41, 5.74) is 6.33. The minimum Gasteiger partial charge on any atom is -0.327 e. The predicted molar refractivity (Wildman–Crippen MR) is 64.7 cm³/mol. The second kappa shape index (κ2) is 4.42. The van der Waals surface area contributed by atoms with Crippen LogP contribution in [0.3, 0.4) is 0 Å². The number of nitrogens with zero attached hydrogens (tertiary/aromatic N) is 1. The first-order valence-corrected chi connectivity index (χ1v) is 6.55. The fraction of sp³-hybridized carbons (Fsp3) is 1.00. The average molecular weight is 210 g/mol. The van der Waals surface area contributed by atoms with Crippen LogP contribution >= 0.6 is 0 Å². The van der Waals surface area contributed by atoms with Gasteiger partial charge in [0, 0.05) is 18.1 Å². The van der Waals surface area contributed by atoms with E-state index in [4.69, 9.17) is 5.73 Å². The molecule has 15 heavy (non-hydrogen) atoms. The smallest absolute Gasteiger partial charge is 0.00989 e. The van der Waals surface area contributed by atoms with Gasteiger partial charge in [0.1, 0.15) is 0 Å². The van der Waals surface area contributed by atoms with E-state index in [0.717, 1.165) is 23.9 Å². The molecule has 2 saturated heterocycles. The van der Waals surface area contributed by atoms with Gasteiger partial charge in [0.05, 0.1) is 0 Å². The molecule has 2 aliphatic heterocycles. The van der Waals surface area contributed by atoms with Gasteiger partial charge in [-0.3, -0.25) is 0 Å². The maximum Gasteiger partial charge on any atom is 0.00989 e. The van der Waals surface area contributed by atoms with Gasteiger partial charge in [0.25, 0.3) is 0 Å². The van der Waals surface area contributed by atoms with E-state index in [1.165, 1.54) is 32.1 Å². The van der Waals surface area contributed by atoms with Crippen molar-refractivity contribution >= 4 is 0 Å². The summed E-state index contributed by atoms with van der Waals surface area (Å²) in [6, 6.07) is 2.13. The minimum atomic E-state index is 0.446. The standard InChI is InChI=1S/C13H26N2/c1-9(2)6-13(14)10-7-11-4-5-12(8-10)15(11)3/h9-13H,4-8,14H2,1-3H3. The molecule has 2 heterocycles.